The van der Waals surface area contributed by atoms with Crippen LogP contribution in [0.3, 0.4) is 0 Å². The summed E-state index contributed by atoms with van der Waals surface area (Å²) in [4.78, 5) is 2.39. The van der Waals surface area contributed by atoms with Gasteiger partial charge >= 0.3 is 0 Å². The molecule has 0 bridgehead atoms. The molecule has 13 heteroatoms. The Morgan fingerprint density at radius 1 is 0.950 bits per heavy atom. The first-order chi connectivity index (χ1) is 19.5. The average Bonchev–Trinajstić information content (AvgIpc) is 3.78. The highest BCUT2D eigenvalue weighted by Gasteiger charge is 2.16. The van der Waals surface area contributed by atoms with Crippen LogP contribution in [0.25, 0.3) is 0 Å². The lowest BCUT2D eigenvalue weighted by molar-refractivity contribution is 0.114. The molecule has 10 nitrogen and oxygen atoms in total. The first-order valence-electron chi connectivity index (χ1n) is 13.3. The van der Waals surface area contributed by atoms with Crippen molar-refractivity contribution in [2.45, 2.75) is 51.7 Å². The van der Waals surface area contributed by atoms with Crippen LogP contribution in [0, 0.1) is 6.92 Å². The summed E-state index contributed by atoms with van der Waals surface area (Å²) in [5.41, 5.74) is 7.43. The van der Waals surface area contributed by atoms with Crippen LogP contribution in [-0.2, 0) is 9.47 Å². The largest absolute Gasteiger partial charge is 0.454 e. The van der Waals surface area contributed by atoms with Gasteiger partial charge in [0.2, 0.25) is 6.79 Å². The van der Waals surface area contributed by atoms with Crippen LogP contribution in [0.2, 0.25) is 0 Å². The predicted octanol–water partition coefficient (Wildman–Crippen LogP) is 3.82. The third-order valence-corrected chi connectivity index (χ3v) is 7.67. The second-order valence-corrected chi connectivity index (χ2v) is 11.5. The van der Waals surface area contributed by atoms with Gasteiger partial charge in [-0.3, -0.25) is 10.9 Å². The van der Waals surface area contributed by atoms with E-state index in [2.05, 4.69) is 44.7 Å². The Balaban J connectivity index is 0.000000189. The van der Waals surface area contributed by atoms with Crippen molar-refractivity contribution in [3.05, 3.63) is 45.6 Å². The maximum absolute atomic E-state index is 5.53. The minimum atomic E-state index is 0.249. The van der Waals surface area contributed by atoms with Gasteiger partial charge in [-0.25, -0.2) is 0 Å². The molecule has 2 aromatic rings. The molecule has 40 heavy (non-hydrogen) atoms. The van der Waals surface area contributed by atoms with Crippen LogP contribution in [0.4, 0.5) is 0 Å². The maximum Gasteiger partial charge on any atom is 0.231 e. The van der Waals surface area contributed by atoms with Crippen molar-refractivity contribution in [1.29, 1.82) is 0 Å². The molecular weight excluding hydrogens is 569 g/mol. The first-order valence-corrected chi connectivity index (χ1v) is 14.9. The zero-order valence-corrected chi connectivity index (χ0v) is 25.2. The third-order valence-electron chi connectivity index (χ3n) is 6.26. The van der Waals surface area contributed by atoms with E-state index in [0.717, 1.165) is 73.1 Å². The number of nitrogens with zero attached hydrogens (tertiary/aromatic N) is 2. The van der Waals surface area contributed by atoms with Gasteiger partial charge in [0.05, 0.1) is 24.1 Å². The molecule has 0 spiro atoms. The van der Waals surface area contributed by atoms with Crippen LogP contribution in [-0.4, -0.2) is 67.5 Å². The second kappa shape index (κ2) is 15.8. The van der Waals surface area contributed by atoms with E-state index in [4.69, 9.17) is 43.4 Å². The van der Waals surface area contributed by atoms with Crippen molar-refractivity contribution in [3.8, 4) is 11.5 Å². The number of thiocarbonyl (C=S) groups is 2. The normalized spacial score (nSPS) is 19.7. The molecule has 1 aromatic carbocycles. The molecular formula is C27H36N6O4S3. The number of thiophene rings is 1. The average molecular weight is 605 g/mol. The number of ether oxygens (including phenoxy) is 4. The van der Waals surface area contributed by atoms with Crippen LogP contribution in [0.5, 0.6) is 11.5 Å². The molecule has 0 aliphatic carbocycles. The number of hydrazone groups is 2. The summed E-state index contributed by atoms with van der Waals surface area (Å²) in [5.74, 6) is 1.50. The number of aryl methyl sites for hydroxylation is 1. The Labute approximate surface area is 249 Å². The van der Waals surface area contributed by atoms with E-state index in [-0.39, 0.29) is 19.0 Å². The van der Waals surface area contributed by atoms with Gasteiger partial charge in [0.15, 0.2) is 21.7 Å². The number of hydrogen-bond donors (Lipinski definition) is 4. The monoisotopic (exact) mass is 604 g/mol. The Hall–Kier alpha value is -2.84. The highest BCUT2D eigenvalue weighted by molar-refractivity contribution is 7.80. The zero-order valence-electron chi connectivity index (χ0n) is 22.7. The third kappa shape index (κ3) is 9.97. The SMILES string of the molecule is C/C(=N/NC(=S)NCC1CCCO1)c1ccc2c(c1)OCO2.Cc1ccc(/C=N/NC(=S)NCC2CCCO2)s1. The van der Waals surface area contributed by atoms with E-state index in [0.29, 0.717) is 16.8 Å². The number of rotatable bonds is 8. The van der Waals surface area contributed by atoms with E-state index in [9.17, 15) is 0 Å². The lowest BCUT2D eigenvalue weighted by Crippen LogP contribution is -2.37. The molecule has 0 saturated carbocycles. The molecule has 3 aliphatic heterocycles. The summed E-state index contributed by atoms with van der Waals surface area (Å²) in [7, 11) is 0. The number of benzene rings is 1. The molecule has 2 fully saturated rings. The standard InChI is InChI=1S/C15H19N3O3S.C12H17N3OS2/c1-10(11-4-5-13-14(7-11)21-9-20-13)17-18-15(22)16-8-12-3-2-6-19-12;1-9-4-5-11(18-9)8-14-15-12(17)13-7-10-3-2-6-16-10/h4-5,7,12H,2-3,6,8-9H2,1H3,(H2,16,18,22);4-5,8,10H,2-3,6-7H2,1H3,(H2,13,15,17)/b17-10-;14-8+. The number of nitrogens with one attached hydrogen (secondary N) is 4. The first kappa shape index (κ1) is 30.1. The van der Waals surface area contributed by atoms with Crippen molar-refractivity contribution in [2.24, 2.45) is 10.2 Å². The van der Waals surface area contributed by atoms with Crippen molar-refractivity contribution < 1.29 is 18.9 Å². The molecule has 2 atom stereocenters. The van der Waals surface area contributed by atoms with Gasteiger partial charge in [0, 0.05) is 41.6 Å². The quantitative estimate of drug-likeness (QED) is 0.202. The minimum Gasteiger partial charge on any atom is -0.454 e. The molecule has 2 unspecified atom stereocenters. The van der Waals surface area contributed by atoms with Crippen molar-refractivity contribution in [1.82, 2.24) is 21.5 Å². The molecule has 0 radical (unpaired) electrons. The van der Waals surface area contributed by atoms with Crippen molar-refractivity contribution in [3.63, 3.8) is 0 Å². The Morgan fingerprint density at radius 2 is 1.62 bits per heavy atom. The summed E-state index contributed by atoms with van der Waals surface area (Å²) < 4.78 is 21.7. The summed E-state index contributed by atoms with van der Waals surface area (Å²) in [6, 6.07) is 9.83. The summed E-state index contributed by atoms with van der Waals surface area (Å²) in [5, 5.41) is 15.6. The second-order valence-electron chi connectivity index (χ2n) is 9.39. The van der Waals surface area contributed by atoms with Crippen LogP contribution >= 0.6 is 35.8 Å². The number of hydrogen-bond acceptors (Lipinski definition) is 9. The fourth-order valence-electron chi connectivity index (χ4n) is 4.10. The summed E-state index contributed by atoms with van der Waals surface area (Å²) in [6.07, 6.45) is 6.75. The highest BCUT2D eigenvalue weighted by atomic mass is 32.1. The van der Waals surface area contributed by atoms with Crippen molar-refractivity contribution in [2.75, 3.05) is 33.1 Å². The minimum absolute atomic E-state index is 0.249. The topological polar surface area (TPSA) is 110 Å². The molecule has 4 heterocycles. The zero-order chi connectivity index (χ0) is 28.2. The fraction of sp³-hybridized carbons (Fsp3) is 0.481. The maximum atomic E-state index is 5.53. The molecule has 3 aliphatic rings. The molecule has 4 N–H and O–H groups in total. The highest BCUT2D eigenvalue weighted by Crippen LogP contribution is 2.32. The van der Waals surface area contributed by atoms with Gasteiger partial charge < -0.3 is 29.6 Å². The predicted molar refractivity (Wildman–Crippen MR) is 167 cm³/mol. The van der Waals surface area contributed by atoms with E-state index < -0.39 is 0 Å². The Kier molecular flexibility index (Phi) is 11.9. The molecule has 1 aromatic heterocycles. The van der Waals surface area contributed by atoms with Crippen LogP contribution in [0.1, 0.15) is 47.9 Å². The lowest BCUT2D eigenvalue weighted by atomic mass is 10.1. The van der Waals surface area contributed by atoms with Gasteiger partial charge in [0.1, 0.15) is 0 Å². The molecule has 0 amide bonds. The van der Waals surface area contributed by atoms with Gasteiger partial charge in [-0.05, 0) is 94.3 Å². The smallest absolute Gasteiger partial charge is 0.231 e. The van der Waals surface area contributed by atoms with Gasteiger partial charge in [-0.2, -0.15) is 10.2 Å². The molecule has 216 valence electrons. The van der Waals surface area contributed by atoms with E-state index in [1.807, 2.05) is 31.2 Å². The number of fused-ring (bicyclic) bond motifs is 1. The Bertz CT molecular complexity index is 1190. The molecule has 5 rings (SSSR count). The molecule has 2 saturated heterocycles. The summed E-state index contributed by atoms with van der Waals surface area (Å²) >= 11 is 12.0. The lowest BCUT2D eigenvalue weighted by Gasteiger charge is -2.12. The van der Waals surface area contributed by atoms with Gasteiger partial charge in [-0.1, -0.05) is 0 Å². The van der Waals surface area contributed by atoms with Gasteiger partial charge in [0.25, 0.3) is 0 Å². The van der Waals surface area contributed by atoms with Gasteiger partial charge in [-0.15, -0.1) is 11.3 Å². The Morgan fingerprint density at radius 3 is 2.25 bits per heavy atom. The van der Waals surface area contributed by atoms with E-state index in [1.165, 1.54) is 4.88 Å². The van der Waals surface area contributed by atoms with Crippen LogP contribution in [0.15, 0.2) is 40.5 Å². The van der Waals surface area contributed by atoms with Crippen molar-refractivity contribution >= 4 is 57.9 Å². The fourth-order valence-corrected chi connectivity index (χ4v) is 5.12. The van der Waals surface area contributed by atoms with E-state index >= 15 is 0 Å². The summed E-state index contributed by atoms with van der Waals surface area (Å²) in [6.45, 7) is 7.42. The van der Waals surface area contributed by atoms with Crippen LogP contribution < -0.4 is 31.0 Å². The van der Waals surface area contributed by atoms with E-state index in [1.54, 1.807) is 17.6 Å².